The third-order valence-corrected chi connectivity index (χ3v) is 5.09. The monoisotopic (exact) mass is 380 g/mol. The molecule has 0 radical (unpaired) electrons. The molecule has 0 unspecified atom stereocenters. The summed E-state index contributed by atoms with van der Waals surface area (Å²) in [5, 5.41) is 3.22. The minimum Gasteiger partial charge on any atom is -0.495 e. The number of ether oxygens (including phenoxy) is 1. The van der Waals surface area contributed by atoms with Crippen LogP contribution >= 0.6 is 22.9 Å². The highest BCUT2D eigenvalue weighted by Crippen LogP contribution is 2.27. The summed E-state index contributed by atoms with van der Waals surface area (Å²) in [7, 11) is 3.12. The van der Waals surface area contributed by atoms with Gasteiger partial charge in [0, 0.05) is 16.9 Å². The first-order chi connectivity index (χ1) is 11.8. The van der Waals surface area contributed by atoms with E-state index in [9.17, 15) is 9.59 Å². The van der Waals surface area contributed by atoms with Crippen LogP contribution in [0.4, 0.5) is 5.69 Å². The van der Waals surface area contributed by atoms with E-state index in [1.54, 1.807) is 25.2 Å². The molecular formula is C18H21ClN2O3S. The van der Waals surface area contributed by atoms with Crippen LogP contribution in [0.1, 0.15) is 27.0 Å². The number of thiophene rings is 1. The van der Waals surface area contributed by atoms with Crippen molar-refractivity contribution in [3.05, 3.63) is 44.6 Å². The number of methoxy groups -OCH3 is 1. The Kier molecular flexibility index (Phi) is 6.45. The normalized spacial score (nSPS) is 10.4. The summed E-state index contributed by atoms with van der Waals surface area (Å²) in [5.74, 6) is 0.0228. The number of hydrogen-bond donors (Lipinski definition) is 1. The van der Waals surface area contributed by atoms with Gasteiger partial charge in [-0.3, -0.25) is 9.59 Å². The van der Waals surface area contributed by atoms with E-state index in [4.69, 9.17) is 16.3 Å². The Morgan fingerprint density at radius 2 is 2.04 bits per heavy atom. The zero-order valence-electron chi connectivity index (χ0n) is 14.7. The number of nitrogens with one attached hydrogen (secondary N) is 1. The van der Waals surface area contributed by atoms with E-state index in [2.05, 4.69) is 12.2 Å². The number of likely N-dealkylation sites (N-methyl/N-ethyl adjacent to an activating group) is 1. The fraction of sp³-hybridized carbons (Fsp3) is 0.333. The number of anilines is 1. The molecule has 25 heavy (non-hydrogen) atoms. The summed E-state index contributed by atoms with van der Waals surface area (Å²) in [6.45, 7) is 3.99. The average Bonchev–Trinajstić information content (AvgIpc) is 2.95. The summed E-state index contributed by atoms with van der Waals surface area (Å²) in [6, 6.07) is 6.86. The molecule has 2 rings (SSSR count). The first-order valence-electron chi connectivity index (χ1n) is 7.83. The van der Waals surface area contributed by atoms with Crippen LogP contribution in [-0.4, -0.2) is 37.4 Å². The van der Waals surface area contributed by atoms with Gasteiger partial charge in [0.2, 0.25) is 5.91 Å². The highest BCUT2D eigenvalue weighted by atomic mass is 35.5. The maximum atomic E-state index is 12.5. The molecule has 1 N–H and O–H groups in total. The Morgan fingerprint density at radius 1 is 1.32 bits per heavy atom. The van der Waals surface area contributed by atoms with E-state index in [0.29, 0.717) is 21.3 Å². The second-order valence-electron chi connectivity index (χ2n) is 5.60. The van der Waals surface area contributed by atoms with E-state index in [1.165, 1.54) is 23.3 Å². The number of carbonyl (C=O) groups is 2. The third-order valence-electron chi connectivity index (χ3n) is 3.78. The average molecular weight is 381 g/mol. The van der Waals surface area contributed by atoms with Crippen LogP contribution < -0.4 is 10.1 Å². The van der Waals surface area contributed by atoms with Gasteiger partial charge in [0.05, 0.1) is 24.2 Å². The second kappa shape index (κ2) is 8.36. The van der Waals surface area contributed by atoms with Crippen LogP contribution in [0.3, 0.4) is 0 Å². The largest absolute Gasteiger partial charge is 0.495 e. The van der Waals surface area contributed by atoms with Crippen LogP contribution in [0.5, 0.6) is 5.75 Å². The van der Waals surface area contributed by atoms with Gasteiger partial charge in [0.1, 0.15) is 5.75 Å². The lowest BCUT2D eigenvalue weighted by molar-refractivity contribution is -0.116. The Bertz CT molecular complexity index is 789. The van der Waals surface area contributed by atoms with Crippen molar-refractivity contribution in [2.24, 2.45) is 0 Å². The predicted octanol–water partition coefficient (Wildman–Crippen LogP) is 3.99. The Hall–Kier alpha value is -2.05. The van der Waals surface area contributed by atoms with Gasteiger partial charge in [-0.1, -0.05) is 18.5 Å². The first kappa shape index (κ1) is 19.3. The molecule has 0 saturated carbocycles. The predicted molar refractivity (Wildman–Crippen MR) is 102 cm³/mol. The van der Waals surface area contributed by atoms with Crippen molar-refractivity contribution >= 4 is 40.4 Å². The molecule has 7 heteroatoms. The molecule has 0 aliphatic carbocycles. The molecule has 0 aliphatic rings. The Morgan fingerprint density at radius 3 is 2.64 bits per heavy atom. The maximum absolute atomic E-state index is 12.5. The van der Waals surface area contributed by atoms with E-state index in [1.807, 2.05) is 13.0 Å². The summed E-state index contributed by atoms with van der Waals surface area (Å²) >= 11 is 7.41. The van der Waals surface area contributed by atoms with Crippen LogP contribution in [0.25, 0.3) is 0 Å². The van der Waals surface area contributed by atoms with Gasteiger partial charge in [-0.05, 0) is 43.2 Å². The number of halogens is 1. The Labute approximate surface area is 156 Å². The Balaban J connectivity index is 2.04. The number of carbonyl (C=O) groups excluding carboxylic acids is 2. The molecule has 0 atom stereocenters. The van der Waals surface area contributed by atoms with Crippen LogP contribution in [0.15, 0.2) is 24.3 Å². The number of aryl methyl sites for hydroxylation is 2. The van der Waals surface area contributed by atoms with Gasteiger partial charge >= 0.3 is 0 Å². The molecule has 0 aliphatic heterocycles. The maximum Gasteiger partial charge on any atom is 0.264 e. The number of rotatable bonds is 6. The van der Waals surface area contributed by atoms with E-state index in [0.717, 1.165) is 16.9 Å². The number of amides is 2. The van der Waals surface area contributed by atoms with Gasteiger partial charge in [-0.15, -0.1) is 11.3 Å². The minimum absolute atomic E-state index is 0.0626. The quantitative estimate of drug-likeness (QED) is 0.824. The lowest BCUT2D eigenvalue weighted by Crippen LogP contribution is -2.34. The fourth-order valence-electron chi connectivity index (χ4n) is 2.42. The van der Waals surface area contributed by atoms with Gasteiger partial charge in [0.15, 0.2) is 0 Å². The summed E-state index contributed by atoms with van der Waals surface area (Å²) < 4.78 is 5.20. The molecule has 1 aromatic heterocycles. The topological polar surface area (TPSA) is 58.6 Å². The van der Waals surface area contributed by atoms with E-state index >= 15 is 0 Å². The SMILES string of the molecule is CCc1cc(C(=O)N(C)CC(=O)Nc2cc(Cl)ccc2OC)sc1C. The molecule has 2 aromatic rings. The molecule has 1 aromatic carbocycles. The number of benzene rings is 1. The van der Waals surface area contributed by atoms with Crippen molar-refractivity contribution in [3.8, 4) is 5.75 Å². The van der Waals surface area contributed by atoms with E-state index in [-0.39, 0.29) is 18.4 Å². The first-order valence-corrected chi connectivity index (χ1v) is 9.03. The van der Waals surface area contributed by atoms with E-state index < -0.39 is 0 Å². The smallest absolute Gasteiger partial charge is 0.264 e. The van der Waals surface area contributed by atoms with Crippen molar-refractivity contribution in [1.29, 1.82) is 0 Å². The summed E-state index contributed by atoms with van der Waals surface area (Å²) in [6.07, 6.45) is 0.883. The number of hydrogen-bond acceptors (Lipinski definition) is 4. The highest BCUT2D eigenvalue weighted by molar-refractivity contribution is 7.14. The molecule has 1 heterocycles. The molecule has 0 bridgehead atoms. The number of nitrogens with zero attached hydrogens (tertiary/aromatic N) is 1. The standard InChI is InChI=1S/C18H21ClN2O3S/c1-5-12-8-16(25-11(12)2)18(23)21(3)10-17(22)20-14-9-13(19)6-7-15(14)24-4/h6-9H,5,10H2,1-4H3,(H,20,22). The summed E-state index contributed by atoms with van der Waals surface area (Å²) in [5.41, 5.74) is 1.64. The minimum atomic E-state index is -0.319. The zero-order valence-corrected chi connectivity index (χ0v) is 16.3. The molecular weight excluding hydrogens is 360 g/mol. The lowest BCUT2D eigenvalue weighted by atomic mass is 10.2. The van der Waals surface area contributed by atoms with Crippen molar-refractivity contribution in [2.45, 2.75) is 20.3 Å². The lowest BCUT2D eigenvalue weighted by Gasteiger charge is -2.17. The van der Waals surface area contributed by atoms with Crippen LogP contribution in [0.2, 0.25) is 5.02 Å². The van der Waals surface area contributed by atoms with Crippen molar-refractivity contribution < 1.29 is 14.3 Å². The molecule has 0 fully saturated rings. The van der Waals surface area contributed by atoms with Crippen molar-refractivity contribution in [3.63, 3.8) is 0 Å². The molecule has 2 amide bonds. The summed E-state index contributed by atoms with van der Waals surface area (Å²) in [4.78, 5) is 27.9. The van der Waals surface area contributed by atoms with Gasteiger partial charge < -0.3 is 15.0 Å². The van der Waals surface area contributed by atoms with Gasteiger partial charge in [-0.25, -0.2) is 0 Å². The molecule has 134 valence electrons. The van der Waals surface area contributed by atoms with Gasteiger partial charge in [-0.2, -0.15) is 0 Å². The third kappa shape index (κ3) is 4.74. The van der Waals surface area contributed by atoms with Crippen molar-refractivity contribution in [1.82, 2.24) is 4.90 Å². The molecule has 0 spiro atoms. The highest BCUT2D eigenvalue weighted by Gasteiger charge is 2.19. The van der Waals surface area contributed by atoms with Gasteiger partial charge in [0.25, 0.3) is 5.91 Å². The van der Waals surface area contributed by atoms with Crippen LogP contribution in [0, 0.1) is 6.92 Å². The fourth-order valence-corrected chi connectivity index (χ4v) is 3.70. The van der Waals surface area contributed by atoms with Crippen molar-refractivity contribution in [2.75, 3.05) is 26.0 Å². The molecule has 5 nitrogen and oxygen atoms in total. The van der Waals surface area contributed by atoms with Crippen LogP contribution in [-0.2, 0) is 11.2 Å². The zero-order chi connectivity index (χ0) is 18.6. The molecule has 0 saturated heterocycles. The second-order valence-corrected chi connectivity index (χ2v) is 7.29.